The minimum atomic E-state index is -1.02. The summed E-state index contributed by atoms with van der Waals surface area (Å²) in [6.45, 7) is 3.83. The topological polar surface area (TPSA) is 97.3 Å². The molecule has 1 aliphatic rings. The van der Waals surface area contributed by atoms with Gasteiger partial charge in [-0.2, -0.15) is 9.83 Å². The molecule has 2 heterocycles. The molecule has 34 heavy (non-hydrogen) atoms. The summed E-state index contributed by atoms with van der Waals surface area (Å²) in [5.41, 5.74) is 1.76. The maximum absolute atomic E-state index is 13.1. The lowest BCUT2D eigenvalue weighted by Crippen LogP contribution is -2.41. The van der Waals surface area contributed by atoms with Crippen molar-refractivity contribution in [3.05, 3.63) is 53.1 Å². The van der Waals surface area contributed by atoms with Gasteiger partial charge in [-0.25, -0.2) is 0 Å². The van der Waals surface area contributed by atoms with Gasteiger partial charge in [-0.15, -0.1) is 6.42 Å². The molecule has 178 valence electrons. The third kappa shape index (κ3) is 4.44. The van der Waals surface area contributed by atoms with E-state index in [1.54, 1.807) is 12.1 Å². The van der Waals surface area contributed by atoms with Crippen LogP contribution in [0, 0.1) is 17.6 Å². The summed E-state index contributed by atoms with van der Waals surface area (Å²) < 4.78 is 2.63. The number of carbonyl (C=O) groups excluding carboxylic acids is 1. The van der Waals surface area contributed by atoms with E-state index in [2.05, 4.69) is 11.2 Å². The second-order valence-electron chi connectivity index (χ2n) is 9.58. The Morgan fingerprint density at radius 1 is 1.35 bits per heavy atom. The van der Waals surface area contributed by atoms with Gasteiger partial charge in [0.1, 0.15) is 5.60 Å². The lowest BCUT2D eigenvalue weighted by atomic mass is 9.83. The first kappa shape index (κ1) is 23.6. The van der Waals surface area contributed by atoms with E-state index in [0.717, 1.165) is 29.4 Å². The summed E-state index contributed by atoms with van der Waals surface area (Å²) in [6.07, 6.45) is 10.0. The van der Waals surface area contributed by atoms with E-state index in [0.29, 0.717) is 29.0 Å². The second-order valence-corrected chi connectivity index (χ2v) is 9.58. The van der Waals surface area contributed by atoms with E-state index in [4.69, 9.17) is 11.5 Å². The zero-order valence-corrected chi connectivity index (χ0v) is 20.1. The van der Waals surface area contributed by atoms with E-state index in [9.17, 15) is 15.1 Å². The minimum absolute atomic E-state index is 0.00110. The molecule has 0 aliphatic heterocycles. The average Bonchev–Trinajstić information content (AvgIpc) is 3.21. The molecule has 1 saturated carbocycles. The van der Waals surface area contributed by atoms with E-state index < -0.39 is 11.5 Å². The van der Waals surface area contributed by atoms with Crippen molar-refractivity contribution in [2.24, 2.45) is 0 Å². The number of hydrogen-bond donors (Lipinski definition) is 2. The van der Waals surface area contributed by atoms with E-state index >= 15 is 0 Å². The van der Waals surface area contributed by atoms with Gasteiger partial charge in [0, 0.05) is 43.7 Å². The summed E-state index contributed by atoms with van der Waals surface area (Å²) in [4.78, 5) is 15.0. The van der Waals surface area contributed by atoms with Crippen LogP contribution in [-0.2, 0) is 0 Å². The first-order valence-electron chi connectivity index (χ1n) is 11.6. The highest BCUT2D eigenvalue weighted by Crippen LogP contribution is 2.36. The number of pyridine rings is 1. The molecule has 8 nitrogen and oxygen atoms in total. The number of nitrogens with one attached hydrogen (secondary N) is 1. The molecule has 1 aliphatic carbocycles. The molecule has 0 unspecified atom stereocenters. The Kier molecular flexibility index (Phi) is 6.24. The van der Waals surface area contributed by atoms with E-state index in [1.165, 1.54) is 6.07 Å². The molecule has 2 aromatic heterocycles. The first-order chi connectivity index (χ1) is 16.1. The van der Waals surface area contributed by atoms with E-state index in [-0.39, 0.29) is 17.7 Å². The summed E-state index contributed by atoms with van der Waals surface area (Å²) in [5.74, 6) is 2.04. The van der Waals surface area contributed by atoms with Crippen molar-refractivity contribution in [2.75, 3.05) is 24.3 Å². The minimum Gasteiger partial charge on any atom is -0.618 e. The van der Waals surface area contributed by atoms with Gasteiger partial charge in [-0.1, -0.05) is 19.8 Å². The van der Waals surface area contributed by atoms with Crippen molar-refractivity contribution in [3.63, 3.8) is 0 Å². The Bertz CT molecular complexity index is 1260. The maximum atomic E-state index is 13.1. The fourth-order valence-corrected chi connectivity index (χ4v) is 4.52. The number of nitrogens with zero attached hydrogens (tertiary/aromatic N) is 4. The predicted octanol–water partition coefficient (Wildman–Crippen LogP) is 3.59. The smallest absolute Gasteiger partial charge is 0.321 e. The molecule has 1 aromatic carbocycles. The quantitative estimate of drug-likeness (QED) is 0.344. The highest BCUT2D eigenvalue weighted by Gasteiger charge is 2.32. The number of fused-ring (bicyclic) bond motifs is 1. The van der Waals surface area contributed by atoms with Crippen LogP contribution in [0.2, 0.25) is 0 Å². The molecule has 2 N–H and O–H groups in total. The van der Waals surface area contributed by atoms with Crippen molar-refractivity contribution in [1.29, 1.82) is 0 Å². The molecule has 0 radical (unpaired) electrons. The zero-order valence-electron chi connectivity index (χ0n) is 20.1. The Hall–Kier alpha value is -3.57. The summed E-state index contributed by atoms with van der Waals surface area (Å²) >= 11 is 0. The van der Waals surface area contributed by atoms with Crippen molar-refractivity contribution < 1.29 is 14.6 Å². The van der Waals surface area contributed by atoms with Crippen molar-refractivity contribution in [3.8, 4) is 12.3 Å². The van der Waals surface area contributed by atoms with Crippen LogP contribution in [0.25, 0.3) is 10.9 Å². The Morgan fingerprint density at radius 2 is 2.06 bits per heavy atom. The van der Waals surface area contributed by atoms with Gasteiger partial charge in [0.2, 0.25) is 0 Å². The third-order valence-electron chi connectivity index (χ3n) is 6.59. The molecule has 1 amide bonds. The third-order valence-corrected chi connectivity index (χ3v) is 6.59. The number of anilines is 2. The van der Waals surface area contributed by atoms with Crippen LogP contribution >= 0.6 is 0 Å². The number of carbonyl (C=O) groups is 1. The number of aromatic nitrogens is 3. The molecular weight excluding hydrogens is 430 g/mol. The lowest BCUT2D eigenvalue weighted by Gasteiger charge is -2.32. The van der Waals surface area contributed by atoms with Crippen LogP contribution in [0.15, 0.2) is 36.5 Å². The fourth-order valence-electron chi connectivity index (χ4n) is 4.52. The van der Waals surface area contributed by atoms with Crippen LogP contribution in [0.4, 0.5) is 11.4 Å². The van der Waals surface area contributed by atoms with Crippen LogP contribution in [0.5, 0.6) is 0 Å². The molecule has 3 aromatic rings. The first-order valence-corrected chi connectivity index (χ1v) is 11.6. The zero-order chi connectivity index (χ0) is 24.6. The van der Waals surface area contributed by atoms with Crippen molar-refractivity contribution in [2.45, 2.75) is 57.1 Å². The largest absolute Gasteiger partial charge is 0.618 e. The molecule has 0 bridgehead atoms. The monoisotopic (exact) mass is 461 g/mol. The van der Waals surface area contributed by atoms with Crippen molar-refractivity contribution >= 4 is 28.2 Å². The maximum Gasteiger partial charge on any atom is 0.321 e. The number of rotatable bonds is 5. The summed E-state index contributed by atoms with van der Waals surface area (Å²) in [7, 11) is 3.78. The van der Waals surface area contributed by atoms with Crippen LogP contribution in [0.1, 0.15) is 67.7 Å². The number of amides is 1. The number of terminal acetylenes is 1. The molecule has 8 heteroatoms. The molecular formula is C26H31N5O3. The highest BCUT2D eigenvalue weighted by atomic mass is 16.5. The number of hydrogen-bond acceptors (Lipinski definition) is 5. The fraction of sp³-hybridized carbons (Fsp3) is 0.423. The molecule has 1 fully saturated rings. The van der Waals surface area contributed by atoms with Crippen LogP contribution < -0.4 is 14.9 Å². The Balaban J connectivity index is 1.64. The van der Waals surface area contributed by atoms with Gasteiger partial charge in [0.15, 0.2) is 5.69 Å². The van der Waals surface area contributed by atoms with Gasteiger partial charge >= 0.3 is 5.91 Å². The standard InChI is InChI=1S/C26H31N5O3/c1-6-26(33)12-10-19(11-13-26)30-16-18-14-21(24(29(4)5)15-20(18)28-30)27-25(32)23-9-7-8-22(17(2)3)31(23)34/h1,7-9,14-17,19,33H,10-13H2,2-5H3,(H,27,32). The summed E-state index contributed by atoms with van der Waals surface area (Å²) in [5, 5.41) is 31.6. The van der Waals surface area contributed by atoms with Crippen molar-refractivity contribution in [1.82, 2.24) is 9.78 Å². The summed E-state index contributed by atoms with van der Waals surface area (Å²) in [6, 6.07) is 8.95. The van der Waals surface area contributed by atoms with E-state index in [1.807, 2.05) is 55.9 Å². The molecule has 0 saturated heterocycles. The van der Waals surface area contributed by atoms with Gasteiger partial charge < -0.3 is 20.5 Å². The second kappa shape index (κ2) is 8.99. The Labute approximate surface area is 199 Å². The van der Waals surface area contributed by atoms with Gasteiger partial charge in [-0.3, -0.25) is 9.48 Å². The van der Waals surface area contributed by atoms with Gasteiger partial charge in [0.05, 0.1) is 22.9 Å². The normalized spacial score (nSPS) is 20.3. The predicted molar refractivity (Wildman–Crippen MR) is 133 cm³/mol. The molecule has 4 rings (SSSR count). The molecule has 0 spiro atoms. The Morgan fingerprint density at radius 3 is 2.68 bits per heavy atom. The molecule has 0 atom stereocenters. The SMILES string of the molecule is C#CC1(O)CCC(n2cc3cc(NC(=O)c4cccc(C(C)C)[n+]4[O-])c(N(C)C)cc3n2)CC1. The van der Waals surface area contributed by atoms with Crippen LogP contribution in [0.3, 0.4) is 0 Å². The number of benzene rings is 1. The van der Waals surface area contributed by atoms with Gasteiger partial charge in [-0.05, 0) is 43.9 Å². The average molecular weight is 462 g/mol. The van der Waals surface area contributed by atoms with Crippen LogP contribution in [-0.4, -0.2) is 40.5 Å². The number of aliphatic hydroxyl groups is 1. The van der Waals surface area contributed by atoms with Gasteiger partial charge in [0.25, 0.3) is 5.69 Å². The lowest BCUT2D eigenvalue weighted by molar-refractivity contribution is -0.617. The highest BCUT2D eigenvalue weighted by molar-refractivity contribution is 6.05.